The number of nitriles is 1. The van der Waals surface area contributed by atoms with Crippen LogP contribution in [0.4, 0.5) is 0 Å². The van der Waals surface area contributed by atoms with E-state index < -0.39 is 8.07 Å². The Morgan fingerprint density at radius 1 is 1.36 bits per heavy atom. The van der Waals surface area contributed by atoms with Crippen LogP contribution in [0.5, 0.6) is 0 Å². The van der Waals surface area contributed by atoms with Gasteiger partial charge >= 0.3 is 0 Å². The van der Waals surface area contributed by atoms with Crippen molar-refractivity contribution >= 4 is 8.07 Å². The van der Waals surface area contributed by atoms with Crippen LogP contribution in [0.2, 0.25) is 19.6 Å². The molecule has 2 nitrogen and oxygen atoms in total. The van der Waals surface area contributed by atoms with E-state index in [0.717, 1.165) is 5.56 Å². The summed E-state index contributed by atoms with van der Waals surface area (Å²) in [6, 6.07) is 5.54. The summed E-state index contributed by atoms with van der Waals surface area (Å²) < 4.78 is 0. The monoisotopic (exact) mass is 200 g/mol. The first-order valence-electron chi connectivity index (χ1n) is 4.40. The molecule has 1 aromatic rings. The van der Waals surface area contributed by atoms with Crippen molar-refractivity contribution in [3.05, 3.63) is 29.6 Å². The fraction of sp³-hybridized carbons (Fsp3) is 0.273. The molecule has 14 heavy (non-hydrogen) atoms. The van der Waals surface area contributed by atoms with Crippen molar-refractivity contribution in [1.29, 1.82) is 5.26 Å². The number of hydrogen-bond acceptors (Lipinski definition) is 2. The first-order valence-corrected chi connectivity index (χ1v) is 7.90. The van der Waals surface area contributed by atoms with Crippen molar-refractivity contribution in [2.24, 2.45) is 0 Å². The fourth-order valence-electron chi connectivity index (χ4n) is 0.829. The Bertz CT molecular complexity index is 427. The fourth-order valence-corrected chi connectivity index (χ4v) is 1.35. The van der Waals surface area contributed by atoms with Crippen molar-refractivity contribution in [2.75, 3.05) is 0 Å². The van der Waals surface area contributed by atoms with Gasteiger partial charge in [0.1, 0.15) is 19.8 Å². The molecule has 0 unspecified atom stereocenters. The van der Waals surface area contributed by atoms with Gasteiger partial charge < -0.3 is 0 Å². The summed E-state index contributed by atoms with van der Waals surface area (Å²) in [5.41, 5.74) is 4.54. The van der Waals surface area contributed by atoms with Crippen LogP contribution in [0, 0.1) is 22.8 Å². The molecule has 0 saturated carbocycles. The molecule has 0 aliphatic heterocycles. The minimum atomic E-state index is -1.33. The highest BCUT2D eigenvalue weighted by molar-refractivity contribution is 6.83. The summed E-state index contributed by atoms with van der Waals surface area (Å²) >= 11 is 0. The molecule has 0 saturated heterocycles. The summed E-state index contributed by atoms with van der Waals surface area (Å²) in [5.74, 6) is 3.08. The molecule has 0 bridgehead atoms. The molecule has 3 heteroatoms. The van der Waals surface area contributed by atoms with Crippen LogP contribution in [0.1, 0.15) is 11.3 Å². The second-order valence-electron chi connectivity index (χ2n) is 4.04. The third-order valence-corrected chi connectivity index (χ3v) is 2.33. The lowest BCUT2D eigenvalue weighted by molar-refractivity contribution is 1.26. The first-order chi connectivity index (χ1) is 6.51. The van der Waals surface area contributed by atoms with E-state index in [4.69, 9.17) is 5.26 Å². The molecule has 0 aliphatic carbocycles. The van der Waals surface area contributed by atoms with E-state index >= 15 is 0 Å². The van der Waals surface area contributed by atoms with Crippen molar-refractivity contribution in [3.63, 3.8) is 0 Å². The van der Waals surface area contributed by atoms with E-state index in [1.165, 1.54) is 0 Å². The van der Waals surface area contributed by atoms with E-state index in [-0.39, 0.29) is 0 Å². The molecule has 1 heterocycles. The lowest BCUT2D eigenvalue weighted by Crippen LogP contribution is -2.16. The Morgan fingerprint density at radius 3 is 2.64 bits per heavy atom. The van der Waals surface area contributed by atoms with Gasteiger partial charge in [0.2, 0.25) is 0 Å². The molecule has 0 radical (unpaired) electrons. The summed E-state index contributed by atoms with van der Waals surface area (Å²) in [6.45, 7) is 6.56. The SMILES string of the molecule is C[Si](C)(C)C#Cc1ccnc(C#N)c1. The molecule has 0 aliphatic rings. The zero-order valence-electron chi connectivity index (χ0n) is 8.63. The minimum Gasteiger partial charge on any atom is -0.245 e. The van der Waals surface area contributed by atoms with Gasteiger partial charge in [0.05, 0.1) is 0 Å². The van der Waals surface area contributed by atoms with Crippen LogP contribution >= 0.6 is 0 Å². The maximum absolute atomic E-state index is 8.64. The Morgan fingerprint density at radius 2 is 2.07 bits per heavy atom. The van der Waals surface area contributed by atoms with Crippen molar-refractivity contribution < 1.29 is 0 Å². The van der Waals surface area contributed by atoms with Crippen molar-refractivity contribution in [3.8, 4) is 17.5 Å². The van der Waals surface area contributed by atoms with Crippen LogP contribution in [0.3, 0.4) is 0 Å². The molecule has 0 spiro atoms. The second kappa shape index (κ2) is 4.08. The average molecular weight is 200 g/mol. The number of hydrogen-bond donors (Lipinski definition) is 0. The summed E-state index contributed by atoms with van der Waals surface area (Å²) in [6.07, 6.45) is 1.62. The highest BCUT2D eigenvalue weighted by Gasteiger charge is 2.07. The lowest BCUT2D eigenvalue weighted by atomic mass is 10.2. The van der Waals surface area contributed by atoms with Crippen LogP contribution < -0.4 is 0 Å². The number of pyridine rings is 1. The maximum Gasteiger partial charge on any atom is 0.141 e. The zero-order valence-corrected chi connectivity index (χ0v) is 9.63. The molecule has 0 N–H and O–H groups in total. The zero-order chi connectivity index (χ0) is 10.6. The van der Waals surface area contributed by atoms with E-state index in [1.54, 1.807) is 12.3 Å². The van der Waals surface area contributed by atoms with E-state index in [9.17, 15) is 0 Å². The highest BCUT2D eigenvalue weighted by atomic mass is 28.3. The molecule has 0 aromatic carbocycles. The third kappa shape index (κ3) is 3.43. The molecule has 0 amide bonds. The maximum atomic E-state index is 8.64. The van der Waals surface area contributed by atoms with Crippen molar-refractivity contribution in [1.82, 2.24) is 4.98 Å². The quantitative estimate of drug-likeness (QED) is 0.475. The summed E-state index contributed by atoms with van der Waals surface area (Å²) in [4.78, 5) is 3.88. The van der Waals surface area contributed by atoms with Crippen LogP contribution in [-0.2, 0) is 0 Å². The molecular formula is C11H12N2Si. The van der Waals surface area contributed by atoms with Gasteiger partial charge in [-0.05, 0) is 12.1 Å². The predicted molar refractivity (Wildman–Crippen MR) is 59.2 cm³/mol. The molecule has 70 valence electrons. The Hall–Kier alpha value is -1.58. The predicted octanol–water partition coefficient (Wildman–Crippen LogP) is 2.18. The topological polar surface area (TPSA) is 36.7 Å². The van der Waals surface area contributed by atoms with Gasteiger partial charge in [-0.25, -0.2) is 4.98 Å². The van der Waals surface area contributed by atoms with Crippen LogP contribution in [-0.4, -0.2) is 13.1 Å². The summed E-state index contributed by atoms with van der Waals surface area (Å²) in [7, 11) is -1.33. The van der Waals surface area contributed by atoms with Gasteiger partial charge in [-0.3, -0.25) is 0 Å². The van der Waals surface area contributed by atoms with E-state index in [1.807, 2.05) is 12.1 Å². The first kappa shape index (κ1) is 10.5. The number of nitrogens with zero attached hydrogens (tertiary/aromatic N) is 2. The summed E-state index contributed by atoms with van der Waals surface area (Å²) in [5, 5.41) is 8.64. The Balaban J connectivity index is 2.98. The molecule has 0 fully saturated rings. The smallest absolute Gasteiger partial charge is 0.141 e. The van der Waals surface area contributed by atoms with Crippen LogP contribution in [0.15, 0.2) is 18.3 Å². The van der Waals surface area contributed by atoms with E-state index in [0.29, 0.717) is 5.69 Å². The van der Waals surface area contributed by atoms with Gasteiger partial charge in [0, 0.05) is 11.8 Å². The second-order valence-corrected chi connectivity index (χ2v) is 8.79. The Labute approximate surface area is 85.6 Å². The van der Waals surface area contributed by atoms with E-state index in [2.05, 4.69) is 36.1 Å². The molecule has 0 atom stereocenters. The van der Waals surface area contributed by atoms with Crippen molar-refractivity contribution in [2.45, 2.75) is 19.6 Å². The van der Waals surface area contributed by atoms with Gasteiger partial charge in [0.15, 0.2) is 0 Å². The molecule has 1 rings (SSSR count). The standard InChI is InChI=1S/C11H12N2Si/c1-14(2,3)7-5-10-4-6-13-11(8-10)9-12/h4,6,8H,1-3H3. The Kier molecular flexibility index (Phi) is 3.06. The molecule has 1 aromatic heterocycles. The lowest BCUT2D eigenvalue weighted by Gasteiger charge is -2.03. The van der Waals surface area contributed by atoms with Gasteiger partial charge in [0.25, 0.3) is 0 Å². The van der Waals surface area contributed by atoms with Gasteiger partial charge in [-0.15, -0.1) is 5.54 Å². The highest BCUT2D eigenvalue weighted by Crippen LogP contribution is 2.01. The van der Waals surface area contributed by atoms with Gasteiger partial charge in [-0.2, -0.15) is 5.26 Å². The number of rotatable bonds is 0. The minimum absolute atomic E-state index is 0.423. The largest absolute Gasteiger partial charge is 0.245 e. The van der Waals surface area contributed by atoms with Crippen LogP contribution in [0.25, 0.3) is 0 Å². The number of aromatic nitrogens is 1. The normalized spacial score (nSPS) is 9.86. The third-order valence-electron chi connectivity index (χ3n) is 1.46. The average Bonchev–Trinajstić information content (AvgIpc) is 2.14. The van der Waals surface area contributed by atoms with Gasteiger partial charge in [-0.1, -0.05) is 25.6 Å². The molecular weight excluding hydrogens is 188 g/mol.